The number of nitrogen functional groups attached to an aromatic ring is 1. The van der Waals surface area contributed by atoms with Gasteiger partial charge in [0.15, 0.2) is 0 Å². The van der Waals surface area contributed by atoms with Gasteiger partial charge in [0.05, 0.1) is 11.9 Å². The Morgan fingerprint density at radius 1 is 0.950 bits per heavy atom. The molecule has 0 bridgehead atoms. The van der Waals surface area contributed by atoms with Crippen LogP contribution in [-0.4, -0.2) is 18.1 Å². The van der Waals surface area contributed by atoms with E-state index < -0.39 is 0 Å². The van der Waals surface area contributed by atoms with Gasteiger partial charge in [-0.25, -0.2) is 4.98 Å². The van der Waals surface area contributed by atoms with E-state index in [0.717, 1.165) is 11.5 Å². The van der Waals surface area contributed by atoms with Crippen molar-refractivity contribution in [3.8, 4) is 0 Å². The maximum atomic E-state index is 5.63. The zero-order valence-electron chi connectivity index (χ0n) is 11.5. The average molecular weight is 268 g/mol. The number of nitrogens with zero attached hydrogens (tertiary/aromatic N) is 2. The van der Waals surface area contributed by atoms with Crippen molar-refractivity contribution in [2.24, 2.45) is 0 Å². The summed E-state index contributed by atoms with van der Waals surface area (Å²) in [6.07, 6.45) is 5.62. The lowest BCUT2D eigenvalue weighted by Gasteiger charge is -2.28. The third-order valence-corrected chi connectivity index (χ3v) is 3.65. The summed E-state index contributed by atoms with van der Waals surface area (Å²) in [7, 11) is 0. The fraction of sp³-hybridized carbons (Fsp3) is 0.312. The molecule has 104 valence electrons. The summed E-state index contributed by atoms with van der Waals surface area (Å²) in [5.41, 5.74) is 8.65. The van der Waals surface area contributed by atoms with Gasteiger partial charge in [-0.2, -0.15) is 0 Å². The van der Waals surface area contributed by atoms with Gasteiger partial charge < -0.3 is 16.0 Å². The Labute approximate surface area is 119 Å². The molecule has 0 amide bonds. The molecule has 4 heteroatoms. The van der Waals surface area contributed by atoms with E-state index in [4.69, 9.17) is 5.73 Å². The second kappa shape index (κ2) is 5.82. The van der Waals surface area contributed by atoms with E-state index in [2.05, 4.69) is 39.5 Å². The molecule has 1 aliphatic heterocycles. The summed E-state index contributed by atoms with van der Waals surface area (Å²) in [5.74, 6) is 0.810. The van der Waals surface area contributed by atoms with Gasteiger partial charge in [-0.15, -0.1) is 0 Å². The summed E-state index contributed by atoms with van der Waals surface area (Å²) < 4.78 is 0. The molecule has 0 spiro atoms. The zero-order valence-corrected chi connectivity index (χ0v) is 11.5. The SMILES string of the molecule is Nc1ccc(Nc2ccc(N3CCCCC3)cc2)nc1. The maximum absolute atomic E-state index is 5.63. The first-order valence-electron chi connectivity index (χ1n) is 7.15. The molecule has 3 N–H and O–H groups in total. The quantitative estimate of drug-likeness (QED) is 0.896. The Kier molecular flexibility index (Phi) is 3.72. The molecule has 0 unspecified atom stereocenters. The Hall–Kier alpha value is -2.23. The van der Waals surface area contributed by atoms with E-state index in [-0.39, 0.29) is 0 Å². The first-order chi connectivity index (χ1) is 9.81. The normalized spacial score (nSPS) is 15.1. The summed E-state index contributed by atoms with van der Waals surface area (Å²) in [4.78, 5) is 6.69. The first-order valence-corrected chi connectivity index (χ1v) is 7.15. The monoisotopic (exact) mass is 268 g/mol. The second-order valence-electron chi connectivity index (χ2n) is 5.20. The van der Waals surface area contributed by atoms with Gasteiger partial charge in [0, 0.05) is 24.5 Å². The van der Waals surface area contributed by atoms with Gasteiger partial charge in [-0.3, -0.25) is 0 Å². The fourth-order valence-corrected chi connectivity index (χ4v) is 2.53. The largest absolute Gasteiger partial charge is 0.397 e. The van der Waals surface area contributed by atoms with E-state index in [0.29, 0.717) is 5.69 Å². The Bertz CT molecular complexity index is 542. The lowest BCUT2D eigenvalue weighted by Crippen LogP contribution is -2.29. The molecule has 0 atom stereocenters. The molecule has 2 heterocycles. The Balaban J connectivity index is 1.67. The van der Waals surface area contributed by atoms with Crippen LogP contribution in [0.15, 0.2) is 42.6 Å². The van der Waals surface area contributed by atoms with Gasteiger partial charge >= 0.3 is 0 Å². The number of nitrogens with two attached hydrogens (primary N) is 1. The predicted octanol–water partition coefficient (Wildman–Crippen LogP) is 3.40. The van der Waals surface area contributed by atoms with Crippen molar-refractivity contribution < 1.29 is 0 Å². The highest BCUT2D eigenvalue weighted by atomic mass is 15.1. The standard InChI is InChI=1S/C16H20N4/c17-13-4-9-16(18-12-13)19-14-5-7-15(8-6-14)20-10-2-1-3-11-20/h4-9,12H,1-3,10-11,17H2,(H,18,19). The number of benzene rings is 1. The molecule has 1 fully saturated rings. The van der Waals surface area contributed by atoms with E-state index in [1.165, 1.54) is 38.0 Å². The molecular weight excluding hydrogens is 248 g/mol. The summed E-state index contributed by atoms with van der Waals surface area (Å²) in [5, 5.41) is 3.28. The van der Waals surface area contributed by atoms with E-state index >= 15 is 0 Å². The Morgan fingerprint density at radius 3 is 2.35 bits per heavy atom. The molecule has 0 radical (unpaired) electrons. The minimum atomic E-state index is 0.677. The average Bonchev–Trinajstić information content (AvgIpc) is 2.51. The number of piperidine rings is 1. The van der Waals surface area contributed by atoms with Crippen LogP contribution in [0.5, 0.6) is 0 Å². The van der Waals surface area contributed by atoms with Crippen molar-refractivity contribution >= 4 is 22.9 Å². The van der Waals surface area contributed by atoms with E-state index in [9.17, 15) is 0 Å². The molecule has 3 rings (SSSR count). The number of hydrogen-bond donors (Lipinski definition) is 2. The first kappa shape index (κ1) is 12.8. The minimum absolute atomic E-state index is 0.677. The molecule has 20 heavy (non-hydrogen) atoms. The highest BCUT2D eigenvalue weighted by Crippen LogP contribution is 2.23. The van der Waals surface area contributed by atoms with Crippen LogP contribution >= 0.6 is 0 Å². The van der Waals surface area contributed by atoms with Gasteiger partial charge in [0.1, 0.15) is 5.82 Å². The zero-order chi connectivity index (χ0) is 13.8. The van der Waals surface area contributed by atoms with Crippen molar-refractivity contribution in [1.82, 2.24) is 4.98 Å². The van der Waals surface area contributed by atoms with Crippen LogP contribution in [0.4, 0.5) is 22.9 Å². The van der Waals surface area contributed by atoms with Crippen molar-refractivity contribution in [3.63, 3.8) is 0 Å². The molecule has 1 aromatic carbocycles. The maximum Gasteiger partial charge on any atom is 0.130 e. The summed E-state index contributed by atoms with van der Waals surface area (Å²) in [6, 6.07) is 12.3. The molecule has 4 nitrogen and oxygen atoms in total. The van der Waals surface area contributed by atoms with Crippen LogP contribution in [0.1, 0.15) is 19.3 Å². The molecule has 2 aromatic rings. The topological polar surface area (TPSA) is 54.2 Å². The molecule has 1 aromatic heterocycles. The smallest absolute Gasteiger partial charge is 0.130 e. The van der Waals surface area contributed by atoms with E-state index in [1.807, 2.05) is 12.1 Å². The third-order valence-electron chi connectivity index (χ3n) is 3.65. The number of aromatic nitrogens is 1. The predicted molar refractivity (Wildman–Crippen MR) is 84.4 cm³/mol. The second-order valence-corrected chi connectivity index (χ2v) is 5.20. The Morgan fingerprint density at radius 2 is 1.70 bits per heavy atom. The van der Waals surface area contributed by atoms with Gasteiger partial charge in [0.25, 0.3) is 0 Å². The van der Waals surface area contributed by atoms with Crippen LogP contribution in [0.2, 0.25) is 0 Å². The molecule has 1 aliphatic rings. The van der Waals surface area contributed by atoms with Crippen LogP contribution < -0.4 is 16.0 Å². The number of pyridine rings is 1. The van der Waals surface area contributed by atoms with Crippen molar-refractivity contribution in [1.29, 1.82) is 0 Å². The van der Waals surface area contributed by atoms with Crippen LogP contribution in [0, 0.1) is 0 Å². The summed E-state index contributed by atoms with van der Waals surface area (Å²) >= 11 is 0. The number of nitrogens with one attached hydrogen (secondary N) is 1. The van der Waals surface area contributed by atoms with Gasteiger partial charge in [-0.1, -0.05) is 0 Å². The molecule has 0 aliphatic carbocycles. The van der Waals surface area contributed by atoms with Gasteiger partial charge in [-0.05, 0) is 55.7 Å². The lowest BCUT2D eigenvalue weighted by molar-refractivity contribution is 0.578. The third kappa shape index (κ3) is 3.02. The number of rotatable bonds is 3. The van der Waals surface area contributed by atoms with Crippen LogP contribution in [0.25, 0.3) is 0 Å². The molecular formula is C16H20N4. The van der Waals surface area contributed by atoms with Crippen LogP contribution in [-0.2, 0) is 0 Å². The summed E-state index contributed by atoms with van der Waals surface area (Å²) in [6.45, 7) is 2.35. The van der Waals surface area contributed by atoms with Crippen LogP contribution in [0.3, 0.4) is 0 Å². The van der Waals surface area contributed by atoms with Crippen molar-refractivity contribution in [2.45, 2.75) is 19.3 Å². The highest BCUT2D eigenvalue weighted by molar-refractivity contribution is 5.61. The van der Waals surface area contributed by atoms with Gasteiger partial charge in [0.2, 0.25) is 0 Å². The number of anilines is 4. The lowest BCUT2D eigenvalue weighted by atomic mass is 10.1. The van der Waals surface area contributed by atoms with Crippen molar-refractivity contribution in [2.75, 3.05) is 29.0 Å². The van der Waals surface area contributed by atoms with E-state index in [1.54, 1.807) is 6.20 Å². The van der Waals surface area contributed by atoms with Crippen molar-refractivity contribution in [3.05, 3.63) is 42.6 Å². The minimum Gasteiger partial charge on any atom is -0.397 e. The highest BCUT2D eigenvalue weighted by Gasteiger charge is 2.10. The molecule has 0 saturated carbocycles. The number of hydrogen-bond acceptors (Lipinski definition) is 4. The fourth-order valence-electron chi connectivity index (χ4n) is 2.53. The molecule has 1 saturated heterocycles.